The van der Waals surface area contributed by atoms with Gasteiger partial charge in [0.05, 0.1) is 35.7 Å². The summed E-state index contributed by atoms with van der Waals surface area (Å²) in [6.45, 7) is 3.66. The highest BCUT2D eigenvalue weighted by Crippen LogP contribution is 2.51. The minimum atomic E-state index is -0.916. The molecule has 3 rings (SSSR count). The van der Waals surface area contributed by atoms with E-state index in [0.29, 0.717) is 12.1 Å². The Morgan fingerprint density at radius 2 is 1.67 bits per heavy atom. The number of halogens is 2. The molecule has 1 aliphatic carbocycles. The minimum Gasteiger partial charge on any atom is -0.469 e. The van der Waals surface area contributed by atoms with Gasteiger partial charge in [-0.1, -0.05) is 55.2 Å². The SMILES string of the molecule is COC(=O)C1CC(C(=O)N[C@@H](Cc2ccc(NC(=O)c3cccc(Cl)c3Cl)cc2)C(=O)OC)C1(C)C. The monoisotopic (exact) mass is 534 g/mol. The van der Waals surface area contributed by atoms with Crippen LogP contribution in [0.1, 0.15) is 36.2 Å². The van der Waals surface area contributed by atoms with Gasteiger partial charge in [-0.25, -0.2) is 4.79 Å². The van der Waals surface area contributed by atoms with E-state index in [1.54, 1.807) is 42.5 Å². The Hall–Kier alpha value is -3.10. The summed E-state index contributed by atoms with van der Waals surface area (Å²) >= 11 is 12.1. The zero-order valence-electron chi connectivity index (χ0n) is 20.4. The summed E-state index contributed by atoms with van der Waals surface area (Å²) in [7, 11) is 2.57. The average molecular weight is 535 g/mol. The van der Waals surface area contributed by atoms with Gasteiger partial charge in [0.15, 0.2) is 0 Å². The summed E-state index contributed by atoms with van der Waals surface area (Å²) in [5.41, 5.74) is 0.909. The zero-order valence-corrected chi connectivity index (χ0v) is 21.9. The lowest BCUT2D eigenvalue weighted by atomic mass is 9.54. The molecule has 0 bridgehead atoms. The van der Waals surface area contributed by atoms with E-state index in [0.717, 1.165) is 5.56 Å². The molecular weight excluding hydrogens is 507 g/mol. The quantitative estimate of drug-likeness (QED) is 0.489. The number of amides is 2. The van der Waals surface area contributed by atoms with E-state index >= 15 is 0 Å². The first-order valence-corrected chi connectivity index (χ1v) is 12.1. The molecule has 2 aromatic rings. The molecule has 2 amide bonds. The van der Waals surface area contributed by atoms with Crippen LogP contribution in [0, 0.1) is 17.3 Å². The van der Waals surface area contributed by atoms with Gasteiger partial charge >= 0.3 is 11.9 Å². The fraction of sp³-hybridized carbons (Fsp3) is 0.385. The Morgan fingerprint density at radius 3 is 2.25 bits per heavy atom. The first kappa shape index (κ1) is 27.5. The second-order valence-electron chi connectivity index (χ2n) is 9.23. The lowest BCUT2D eigenvalue weighted by molar-refractivity contribution is -0.167. The minimum absolute atomic E-state index is 0.164. The molecule has 0 aliphatic heterocycles. The summed E-state index contributed by atoms with van der Waals surface area (Å²) in [6, 6.07) is 10.7. The third-order valence-corrected chi connectivity index (χ3v) is 7.54. The van der Waals surface area contributed by atoms with Gasteiger partial charge in [-0.15, -0.1) is 0 Å². The maximum atomic E-state index is 12.9. The molecule has 0 radical (unpaired) electrons. The molecular formula is C26H28Cl2N2O6. The number of nitrogens with one attached hydrogen (secondary N) is 2. The van der Waals surface area contributed by atoms with Crippen molar-refractivity contribution < 1.29 is 28.7 Å². The fourth-order valence-electron chi connectivity index (χ4n) is 4.36. The third-order valence-electron chi connectivity index (χ3n) is 6.72. The second kappa shape index (κ2) is 11.3. The van der Waals surface area contributed by atoms with Crippen LogP contribution in [0.15, 0.2) is 42.5 Å². The first-order valence-electron chi connectivity index (χ1n) is 11.3. The van der Waals surface area contributed by atoms with Gasteiger partial charge in [0.2, 0.25) is 5.91 Å². The van der Waals surface area contributed by atoms with Crippen LogP contribution in [0.3, 0.4) is 0 Å². The van der Waals surface area contributed by atoms with Crippen molar-refractivity contribution in [1.29, 1.82) is 0 Å². The molecule has 2 N–H and O–H groups in total. The van der Waals surface area contributed by atoms with E-state index in [-0.39, 0.29) is 39.8 Å². The Balaban J connectivity index is 1.65. The molecule has 1 fully saturated rings. The van der Waals surface area contributed by atoms with Crippen LogP contribution in [0.5, 0.6) is 0 Å². The Morgan fingerprint density at radius 1 is 1.00 bits per heavy atom. The van der Waals surface area contributed by atoms with E-state index < -0.39 is 29.3 Å². The zero-order chi connectivity index (χ0) is 26.6. The van der Waals surface area contributed by atoms with Gasteiger partial charge in [0.25, 0.3) is 5.91 Å². The summed E-state index contributed by atoms with van der Waals surface area (Å²) in [6.07, 6.45) is 0.533. The van der Waals surface area contributed by atoms with Crippen LogP contribution in [-0.4, -0.2) is 44.0 Å². The topological polar surface area (TPSA) is 111 Å². The van der Waals surface area contributed by atoms with Crippen molar-refractivity contribution in [3.63, 3.8) is 0 Å². The van der Waals surface area contributed by atoms with Gasteiger partial charge < -0.3 is 20.1 Å². The number of benzene rings is 2. The maximum Gasteiger partial charge on any atom is 0.328 e. The fourth-order valence-corrected chi connectivity index (χ4v) is 4.74. The predicted molar refractivity (Wildman–Crippen MR) is 136 cm³/mol. The van der Waals surface area contributed by atoms with Crippen molar-refractivity contribution in [2.24, 2.45) is 17.3 Å². The smallest absolute Gasteiger partial charge is 0.328 e. The van der Waals surface area contributed by atoms with Crippen LogP contribution < -0.4 is 10.6 Å². The third kappa shape index (κ3) is 5.82. The number of carbonyl (C=O) groups excluding carboxylic acids is 4. The predicted octanol–water partition coefficient (Wildman–Crippen LogP) is 4.28. The number of ether oxygens (including phenoxy) is 2. The van der Waals surface area contributed by atoms with Crippen molar-refractivity contribution in [1.82, 2.24) is 5.32 Å². The highest BCUT2D eigenvalue weighted by Gasteiger charge is 2.55. The van der Waals surface area contributed by atoms with Crippen molar-refractivity contribution in [2.45, 2.75) is 32.7 Å². The Bertz CT molecular complexity index is 1170. The van der Waals surface area contributed by atoms with Gasteiger partial charge in [-0.2, -0.15) is 0 Å². The second-order valence-corrected chi connectivity index (χ2v) is 10.0. The number of rotatable bonds is 8. The van der Waals surface area contributed by atoms with Crippen LogP contribution in [0.2, 0.25) is 10.0 Å². The van der Waals surface area contributed by atoms with E-state index in [2.05, 4.69) is 10.6 Å². The number of methoxy groups -OCH3 is 2. The van der Waals surface area contributed by atoms with E-state index in [1.807, 2.05) is 13.8 Å². The van der Waals surface area contributed by atoms with Crippen LogP contribution in [-0.2, 0) is 30.3 Å². The highest BCUT2D eigenvalue weighted by molar-refractivity contribution is 6.44. The van der Waals surface area contributed by atoms with E-state index in [9.17, 15) is 19.2 Å². The Labute approximate surface area is 219 Å². The highest BCUT2D eigenvalue weighted by atomic mass is 35.5. The molecule has 0 spiro atoms. The van der Waals surface area contributed by atoms with Crippen LogP contribution in [0.25, 0.3) is 0 Å². The van der Waals surface area contributed by atoms with Gasteiger partial charge in [-0.05, 0) is 41.7 Å². The molecule has 2 aromatic carbocycles. The van der Waals surface area contributed by atoms with Crippen molar-refractivity contribution in [2.75, 3.05) is 19.5 Å². The first-order chi connectivity index (χ1) is 17.0. The van der Waals surface area contributed by atoms with Crippen molar-refractivity contribution in [3.05, 3.63) is 63.6 Å². The lowest BCUT2D eigenvalue weighted by Gasteiger charge is -2.49. The summed E-state index contributed by atoms with van der Waals surface area (Å²) < 4.78 is 9.70. The standard InChI is InChI=1S/C26H28Cl2N2O6/c1-26(2)17(13-18(26)24(33)35-3)23(32)30-20(25(34)36-4)12-14-8-10-15(11-9-14)29-22(31)16-6-5-7-19(27)21(16)28/h5-11,17-18,20H,12-13H2,1-4H3,(H,29,31)(H,30,32)/t17?,18?,20-/m0/s1. The average Bonchev–Trinajstić information content (AvgIpc) is 2.85. The van der Waals surface area contributed by atoms with Gasteiger partial charge in [0.1, 0.15) is 6.04 Å². The number of esters is 2. The number of hydrogen-bond donors (Lipinski definition) is 2. The van der Waals surface area contributed by atoms with Crippen molar-refractivity contribution in [3.8, 4) is 0 Å². The number of anilines is 1. The summed E-state index contributed by atoms with van der Waals surface area (Å²) in [5, 5.41) is 5.96. The van der Waals surface area contributed by atoms with Crippen LogP contribution >= 0.6 is 23.2 Å². The number of hydrogen-bond acceptors (Lipinski definition) is 6. The molecule has 2 unspecified atom stereocenters. The van der Waals surface area contributed by atoms with Gasteiger partial charge in [-0.3, -0.25) is 14.4 Å². The number of carbonyl (C=O) groups is 4. The molecule has 1 aliphatic rings. The van der Waals surface area contributed by atoms with E-state index in [1.165, 1.54) is 14.2 Å². The molecule has 0 saturated heterocycles. The molecule has 10 heteroatoms. The molecule has 0 heterocycles. The Kier molecular flexibility index (Phi) is 8.63. The summed E-state index contributed by atoms with van der Waals surface area (Å²) in [5.74, 6) is -2.48. The molecule has 1 saturated carbocycles. The maximum absolute atomic E-state index is 12.9. The molecule has 3 atom stereocenters. The molecule has 192 valence electrons. The summed E-state index contributed by atoms with van der Waals surface area (Å²) in [4.78, 5) is 49.8. The van der Waals surface area contributed by atoms with Crippen LogP contribution in [0.4, 0.5) is 5.69 Å². The normalized spacial score (nSPS) is 18.8. The molecule has 8 nitrogen and oxygen atoms in total. The largest absolute Gasteiger partial charge is 0.469 e. The molecule has 36 heavy (non-hydrogen) atoms. The molecule has 0 aromatic heterocycles. The van der Waals surface area contributed by atoms with Gasteiger partial charge in [0, 0.05) is 18.0 Å². The van der Waals surface area contributed by atoms with E-state index in [4.69, 9.17) is 32.7 Å². The lowest BCUT2D eigenvalue weighted by Crippen LogP contribution is -2.57. The van der Waals surface area contributed by atoms with Crippen molar-refractivity contribution >= 4 is 52.6 Å².